The van der Waals surface area contributed by atoms with Gasteiger partial charge in [-0.05, 0) is 37.0 Å². The number of rotatable bonds is 0. The monoisotopic (exact) mass is 195 g/mol. The molecule has 0 radical (unpaired) electrons. The molecule has 0 spiro atoms. The first kappa shape index (κ1) is 10.0. The van der Waals surface area contributed by atoms with Crippen LogP contribution in [0.1, 0.15) is 52.9 Å². The summed E-state index contributed by atoms with van der Waals surface area (Å²) in [5, 5.41) is 12.6. The van der Waals surface area contributed by atoms with Crippen LogP contribution in [0.25, 0.3) is 0 Å². The second-order valence-electron chi connectivity index (χ2n) is 5.90. The Hall–Kier alpha value is -0.530. The van der Waals surface area contributed by atoms with Crippen molar-refractivity contribution in [1.82, 2.24) is 0 Å². The maximum absolute atomic E-state index is 9.03. The third kappa shape index (κ3) is 1.19. The Labute approximate surface area is 86.4 Å². The maximum atomic E-state index is 9.03. The topological polar surface area (TPSA) is 32.6 Å². The largest absolute Gasteiger partial charge is 0.411 e. The van der Waals surface area contributed by atoms with Gasteiger partial charge in [0.2, 0.25) is 0 Å². The SMILES string of the molecule is CC1(C)CCC[C@@]2(C)/C(=N/O)CC[C@@H]12. The molecule has 0 bridgehead atoms. The highest BCUT2D eigenvalue weighted by molar-refractivity contribution is 5.92. The number of nitrogens with zero attached hydrogens (tertiary/aromatic N) is 1. The van der Waals surface area contributed by atoms with E-state index in [4.69, 9.17) is 5.21 Å². The zero-order valence-electron chi connectivity index (χ0n) is 9.51. The van der Waals surface area contributed by atoms with Gasteiger partial charge in [-0.15, -0.1) is 0 Å². The van der Waals surface area contributed by atoms with Crippen LogP contribution in [0.15, 0.2) is 5.16 Å². The van der Waals surface area contributed by atoms with Gasteiger partial charge in [0.15, 0.2) is 0 Å². The molecule has 0 aromatic carbocycles. The van der Waals surface area contributed by atoms with Crippen LogP contribution in [-0.4, -0.2) is 10.9 Å². The highest BCUT2D eigenvalue weighted by Gasteiger charge is 2.52. The normalized spacial score (nSPS) is 43.9. The first-order valence-electron chi connectivity index (χ1n) is 5.72. The van der Waals surface area contributed by atoms with E-state index in [1.54, 1.807) is 0 Å². The summed E-state index contributed by atoms with van der Waals surface area (Å²) in [5.74, 6) is 0.717. The zero-order chi connectivity index (χ0) is 10.4. The van der Waals surface area contributed by atoms with Gasteiger partial charge in [0.05, 0.1) is 5.71 Å². The van der Waals surface area contributed by atoms with E-state index in [0.717, 1.165) is 18.1 Å². The summed E-state index contributed by atoms with van der Waals surface area (Å²) < 4.78 is 0. The Morgan fingerprint density at radius 1 is 1.29 bits per heavy atom. The van der Waals surface area contributed by atoms with E-state index in [0.29, 0.717) is 5.41 Å². The Kier molecular flexibility index (Phi) is 2.13. The molecule has 0 saturated heterocycles. The van der Waals surface area contributed by atoms with Gasteiger partial charge in [0.25, 0.3) is 0 Å². The van der Waals surface area contributed by atoms with Crippen LogP contribution in [0.5, 0.6) is 0 Å². The minimum atomic E-state index is 0.191. The zero-order valence-corrected chi connectivity index (χ0v) is 9.51. The van der Waals surface area contributed by atoms with Crippen molar-refractivity contribution in [2.45, 2.75) is 52.9 Å². The minimum absolute atomic E-state index is 0.191. The van der Waals surface area contributed by atoms with Crippen molar-refractivity contribution < 1.29 is 5.21 Å². The molecule has 2 aliphatic carbocycles. The van der Waals surface area contributed by atoms with Crippen molar-refractivity contribution in [3.8, 4) is 0 Å². The van der Waals surface area contributed by atoms with Gasteiger partial charge in [-0.3, -0.25) is 0 Å². The molecule has 14 heavy (non-hydrogen) atoms. The molecular formula is C12H21NO. The molecule has 0 aliphatic heterocycles. The number of hydrogen-bond acceptors (Lipinski definition) is 2. The van der Waals surface area contributed by atoms with Gasteiger partial charge in [-0.1, -0.05) is 32.3 Å². The first-order valence-corrected chi connectivity index (χ1v) is 5.72. The number of hydrogen-bond donors (Lipinski definition) is 1. The minimum Gasteiger partial charge on any atom is -0.411 e. The first-order chi connectivity index (χ1) is 6.50. The molecule has 2 aliphatic rings. The fourth-order valence-corrected chi connectivity index (χ4v) is 3.91. The van der Waals surface area contributed by atoms with E-state index in [9.17, 15) is 0 Å². The summed E-state index contributed by atoms with van der Waals surface area (Å²) in [5.41, 5.74) is 1.67. The van der Waals surface area contributed by atoms with Crippen molar-refractivity contribution in [3.63, 3.8) is 0 Å². The Balaban J connectivity index is 2.35. The van der Waals surface area contributed by atoms with Crippen LogP contribution in [0.3, 0.4) is 0 Å². The van der Waals surface area contributed by atoms with Crippen LogP contribution in [0.4, 0.5) is 0 Å². The fraction of sp³-hybridized carbons (Fsp3) is 0.917. The van der Waals surface area contributed by atoms with E-state index < -0.39 is 0 Å². The number of oxime groups is 1. The lowest BCUT2D eigenvalue weighted by molar-refractivity contribution is 0.0588. The van der Waals surface area contributed by atoms with Crippen molar-refractivity contribution in [2.75, 3.05) is 0 Å². The molecule has 2 heteroatoms. The van der Waals surface area contributed by atoms with Gasteiger partial charge < -0.3 is 5.21 Å². The van der Waals surface area contributed by atoms with E-state index in [-0.39, 0.29) is 5.41 Å². The summed E-state index contributed by atoms with van der Waals surface area (Å²) in [6, 6.07) is 0. The molecular weight excluding hydrogens is 174 g/mol. The van der Waals surface area contributed by atoms with E-state index in [1.165, 1.54) is 25.7 Å². The van der Waals surface area contributed by atoms with Crippen molar-refractivity contribution in [1.29, 1.82) is 0 Å². The van der Waals surface area contributed by atoms with Crippen LogP contribution < -0.4 is 0 Å². The van der Waals surface area contributed by atoms with Crippen LogP contribution in [-0.2, 0) is 0 Å². The Morgan fingerprint density at radius 3 is 2.64 bits per heavy atom. The summed E-state index contributed by atoms with van der Waals surface area (Å²) in [7, 11) is 0. The molecule has 0 aromatic heterocycles. The van der Waals surface area contributed by atoms with Gasteiger partial charge in [0, 0.05) is 5.41 Å². The summed E-state index contributed by atoms with van der Waals surface area (Å²) >= 11 is 0. The lowest BCUT2D eigenvalue weighted by Crippen LogP contribution is -2.41. The molecule has 0 unspecified atom stereocenters. The molecule has 2 fully saturated rings. The van der Waals surface area contributed by atoms with E-state index in [1.807, 2.05) is 0 Å². The predicted molar refractivity (Wildman–Crippen MR) is 57.7 cm³/mol. The van der Waals surface area contributed by atoms with Crippen molar-refractivity contribution in [3.05, 3.63) is 0 Å². The lowest BCUT2D eigenvalue weighted by Gasteiger charge is -2.47. The van der Waals surface area contributed by atoms with Crippen molar-refractivity contribution in [2.24, 2.45) is 21.9 Å². The quantitative estimate of drug-likeness (QED) is 0.466. The molecule has 2 saturated carbocycles. The maximum Gasteiger partial charge on any atom is 0.0632 e. The molecule has 0 heterocycles. The summed E-state index contributed by atoms with van der Waals surface area (Å²) in [4.78, 5) is 0. The smallest absolute Gasteiger partial charge is 0.0632 e. The summed E-state index contributed by atoms with van der Waals surface area (Å²) in [6.45, 7) is 7.03. The molecule has 2 atom stereocenters. The Bertz CT molecular complexity index is 269. The average Bonchev–Trinajstić information content (AvgIpc) is 2.42. The van der Waals surface area contributed by atoms with Crippen LogP contribution in [0.2, 0.25) is 0 Å². The predicted octanol–water partition coefficient (Wildman–Crippen LogP) is 3.44. The Morgan fingerprint density at radius 2 is 2.00 bits per heavy atom. The molecule has 0 aromatic rings. The van der Waals surface area contributed by atoms with Crippen molar-refractivity contribution >= 4 is 5.71 Å². The fourth-order valence-electron chi connectivity index (χ4n) is 3.91. The highest BCUT2D eigenvalue weighted by atomic mass is 16.4. The molecule has 0 amide bonds. The van der Waals surface area contributed by atoms with E-state index >= 15 is 0 Å². The van der Waals surface area contributed by atoms with E-state index in [2.05, 4.69) is 25.9 Å². The molecule has 2 rings (SSSR count). The van der Waals surface area contributed by atoms with Gasteiger partial charge in [-0.2, -0.15) is 0 Å². The number of fused-ring (bicyclic) bond motifs is 1. The highest BCUT2D eigenvalue weighted by Crippen LogP contribution is 2.57. The molecule has 1 N–H and O–H groups in total. The standard InChI is InChI=1S/C12H21NO/c1-11(2)7-4-8-12(3)9(11)5-6-10(12)13-14/h9,14H,4-8H2,1-3H3/b13-10+/t9-,12+/m0/s1. The second-order valence-corrected chi connectivity index (χ2v) is 5.90. The van der Waals surface area contributed by atoms with Gasteiger partial charge >= 0.3 is 0 Å². The van der Waals surface area contributed by atoms with Crippen LogP contribution >= 0.6 is 0 Å². The van der Waals surface area contributed by atoms with Crippen LogP contribution in [0, 0.1) is 16.7 Å². The average molecular weight is 195 g/mol. The van der Waals surface area contributed by atoms with Gasteiger partial charge in [0.1, 0.15) is 0 Å². The van der Waals surface area contributed by atoms with Gasteiger partial charge in [-0.25, -0.2) is 0 Å². The molecule has 2 nitrogen and oxygen atoms in total. The second kappa shape index (κ2) is 2.98. The third-order valence-electron chi connectivity index (χ3n) is 4.68. The molecule has 80 valence electrons. The summed E-state index contributed by atoms with van der Waals surface area (Å²) in [6.07, 6.45) is 6.02. The lowest BCUT2D eigenvalue weighted by atomic mass is 9.58. The third-order valence-corrected chi connectivity index (χ3v) is 4.68.